The first-order chi connectivity index (χ1) is 10.4. The summed E-state index contributed by atoms with van der Waals surface area (Å²) in [7, 11) is 0. The van der Waals surface area contributed by atoms with Gasteiger partial charge in [-0.3, -0.25) is 4.79 Å². The lowest BCUT2D eigenvalue weighted by Gasteiger charge is -2.47. The Morgan fingerprint density at radius 2 is 2.23 bits per heavy atom. The van der Waals surface area contributed by atoms with E-state index in [0.29, 0.717) is 30.0 Å². The van der Waals surface area contributed by atoms with Crippen molar-refractivity contribution in [2.45, 2.75) is 31.6 Å². The maximum absolute atomic E-state index is 12.2. The Labute approximate surface area is 128 Å². The Balaban J connectivity index is 2.10. The van der Waals surface area contributed by atoms with Crippen LogP contribution in [-0.2, 0) is 9.53 Å². The number of fused-ring (bicyclic) bond motifs is 1. The van der Waals surface area contributed by atoms with Crippen LogP contribution < -0.4 is 4.74 Å². The molecule has 1 aromatic rings. The Morgan fingerprint density at radius 1 is 1.45 bits per heavy atom. The molecule has 2 aliphatic heterocycles. The quantitative estimate of drug-likeness (QED) is 0.836. The molecule has 1 aromatic carbocycles. The number of aliphatic hydroxyl groups excluding tert-OH is 1. The van der Waals surface area contributed by atoms with Gasteiger partial charge in [-0.15, -0.1) is 0 Å². The maximum Gasteiger partial charge on any atom is 0.249 e. The third kappa shape index (κ3) is 2.32. The lowest BCUT2D eigenvalue weighted by atomic mass is 9.84. The molecule has 0 spiro atoms. The second-order valence-corrected chi connectivity index (χ2v) is 6.10. The molecule has 0 bridgehead atoms. The molecule has 22 heavy (non-hydrogen) atoms. The zero-order valence-corrected chi connectivity index (χ0v) is 12.6. The van der Waals surface area contributed by atoms with Crippen LogP contribution in [-0.4, -0.2) is 47.4 Å². The van der Waals surface area contributed by atoms with Gasteiger partial charge in [-0.2, -0.15) is 5.26 Å². The number of ether oxygens (including phenoxy) is 2. The van der Waals surface area contributed by atoms with E-state index in [0.717, 1.165) is 0 Å². The van der Waals surface area contributed by atoms with Crippen molar-refractivity contribution in [2.24, 2.45) is 0 Å². The summed E-state index contributed by atoms with van der Waals surface area (Å²) in [5.74, 6) is 0.430. The number of hydrogen-bond donors (Lipinski definition) is 1. The molecule has 0 radical (unpaired) electrons. The number of carbonyl (C=O) groups excluding carboxylic acids is 1. The highest BCUT2D eigenvalue weighted by Gasteiger charge is 2.47. The van der Waals surface area contributed by atoms with Gasteiger partial charge in [0.2, 0.25) is 5.91 Å². The number of rotatable bonds is 1. The normalized spacial score (nSPS) is 26.8. The fourth-order valence-electron chi connectivity index (χ4n) is 3.00. The van der Waals surface area contributed by atoms with Gasteiger partial charge in [0, 0.05) is 12.1 Å². The summed E-state index contributed by atoms with van der Waals surface area (Å²) in [6.07, 6.45) is -0.893. The zero-order chi connectivity index (χ0) is 15.9. The Hall–Kier alpha value is -2.10. The standard InChI is InChI=1S/C16H18N2O4/c1-16(2)15(20)14(18-5-6-21-9-13(18)19)11-7-10(8-17)3-4-12(11)22-16/h3-4,7,14-15,20H,5-6,9H2,1-2H3/t14?,15-/m0/s1. The fraction of sp³-hybridized carbons (Fsp3) is 0.500. The average molecular weight is 302 g/mol. The summed E-state index contributed by atoms with van der Waals surface area (Å²) in [4.78, 5) is 13.8. The van der Waals surface area contributed by atoms with Crippen LogP contribution in [0.4, 0.5) is 0 Å². The SMILES string of the molecule is CC1(C)Oc2ccc(C#N)cc2C(N2CCOCC2=O)[C@@H]1O. The van der Waals surface area contributed by atoms with Gasteiger partial charge in [-0.1, -0.05) is 0 Å². The molecule has 2 aliphatic rings. The lowest BCUT2D eigenvalue weighted by Crippen LogP contribution is -2.56. The third-order valence-corrected chi connectivity index (χ3v) is 4.20. The average Bonchev–Trinajstić information content (AvgIpc) is 2.49. The Morgan fingerprint density at radius 3 is 2.91 bits per heavy atom. The van der Waals surface area contributed by atoms with Crippen LogP contribution in [0, 0.1) is 11.3 Å². The topological polar surface area (TPSA) is 82.8 Å². The Bertz CT molecular complexity index is 650. The molecule has 1 amide bonds. The summed E-state index contributed by atoms with van der Waals surface area (Å²) in [5, 5.41) is 19.8. The van der Waals surface area contributed by atoms with E-state index in [1.54, 1.807) is 36.9 Å². The highest BCUT2D eigenvalue weighted by atomic mass is 16.5. The van der Waals surface area contributed by atoms with Crippen LogP contribution in [0.3, 0.4) is 0 Å². The van der Waals surface area contributed by atoms with Crippen molar-refractivity contribution in [3.8, 4) is 11.8 Å². The van der Waals surface area contributed by atoms with Gasteiger partial charge in [0.1, 0.15) is 24.1 Å². The molecule has 0 aromatic heterocycles. The summed E-state index contributed by atoms with van der Waals surface area (Å²) in [5.41, 5.74) is 0.311. The van der Waals surface area contributed by atoms with Crippen LogP contribution in [0.2, 0.25) is 0 Å². The number of morpholine rings is 1. The summed E-state index contributed by atoms with van der Waals surface area (Å²) < 4.78 is 11.0. The van der Waals surface area contributed by atoms with E-state index in [2.05, 4.69) is 6.07 Å². The molecule has 6 heteroatoms. The molecular weight excluding hydrogens is 284 g/mol. The largest absolute Gasteiger partial charge is 0.485 e. The van der Waals surface area contributed by atoms with Crippen molar-refractivity contribution in [1.82, 2.24) is 4.90 Å². The van der Waals surface area contributed by atoms with E-state index in [1.807, 2.05) is 0 Å². The molecule has 2 atom stereocenters. The summed E-state index contributed by atoms with van der Waals surface area (Å²) >= 11 is 0. The highest BCUT2D eigenvalue weighted by Crippen LogP contribution is 2.43. The van der Waals surface area contributed by atoms with Crippen molar-refractivity contribution in [1.29, 1.82) is 5.26 Å². The first-order valence-corrected chi connectivity index (χ1v) is 7.22. The molecule has 0 aliphatic carbocycles. The van der Waals surface area contributed by atoms with E-state index in [4.69, 9.17) is 14.7 Å². The summed E-state index contributed by atoms with van der Waals surface area (Å²) in [6, 6.07) is 6.62. The molecule has 2 heterocycles. The van der Waals surface area contributed by atoms with E-state index in [9.17, 15) is 9.90 Å². The number of carbonyl (C=O) groups is 1. The van der Waals surface area contributed by atoms with Crippen LogP contribution >= 0.6 is 0 Å². The van der Waals surface area contributed by atoms with Gasteiger partial charge in [0.05, 0.1) is 24.3 Å². The first-order valence-electron chi connectivity index (χ1n) is 7.22. The van der Waals surface area contributed by atoms with Crippen molar-refractivity contribution in [3.63, 3.8) is 0 Å². The van der Waals surface area contributed by atoms with Gasteiger partial charge in [-0.05, 0) is 32.0 Å². The first kappa shape index (κ1) is 14.8. The predicted molar refractivity (Wildman–Crippen MR) is 77.1 cm³/mol. The minimum atomic E-state index is -0.893. The maximum atomic E-state index is 12.2. The van der Waals surface area contributed by atoms with Crippen molar-refractivity contribution in [3.05, 3.63) is 29.3 Å². The van der Waals surface area contributed by atoms with Gasteiger partial charge in [-0.25, -0.2) is 0 Å². The third-order valence-electron chi connectivity index (χ3n) is 4.20. The van der Waals surface area contributed by atoms with Gasteiger partial charge >= 0.3 is 0 Å². The van der Waals surface area contributed by atoms with E-state index < -0.39 is 17.7 Å². The number of benzene rings is 1. The molecule has 1 fully saturated rings. The van der Waals surface area contributed by atoms with Gasteiger partial charge < -0.3 is 19.5 Å². The van der Waals surface area contributed by atoms with E-state index >= 15 is 0 Å². The number of nitriles is 1. The predicted octanol–water partition coefficient (Wildman–Crippen LogP) is 0.990. The monoisotopic (exact) mass is 302 g/mol. The summed E-state index contributed by atoms with van der Waals surface area (Å²) in [6.45, 7) is 4.43. The molecule has 3 rings (SSSR count). The zero-order valence-electron chi connectivity index (χ0n) is 12.6. The number of aliphatic hydroxyl groups is 1. The molecule has 1 N–H and O–H groups in total. The van der Waals surface area contributed by atoms with Crippen LogP contribution in [0.1, 0.15) is 31.0 Å². The minimum absolute atomic E-state index is 0.0117. The van der Waals surface area contributed by atoms with Crippen molar-refractivity contribution < 1.29 is 19.4 Å². The molecule has 0 saturated carbocycles. The second kappa shape index (κ2) is 5.27. The van der Waals surface area contributed by atoms with Crippen LogP contribution in [0.15, 0.2) is 18.2 Å². The molecule has 1 unspecified atom stereocenters. The van der Waals surface area contributed by atoms with Gasteiger partial charge in [0.25, 0.3) is 0 Å². The Kier molecular flexibility index (Phi) is 3.55. The minimum Gasteiger partial charge on any atom is -0.485 e. The highest BCUT2D eigenvalue weighted by molar-refractivity contribution is 5.79. The number of nitrogens with zero attached hydrogens (tertiary/aromatic N) is 2. The smallest absolute Gasteiger partial charge is 0.249 e. The number of hydrogen-bond acceptors (Lipinski definition) is 5. The molecular formula is C16H18N2O4. The van der Waals surface area contributed by atoms with E-state index in [1.165, 1.54) is 0 Å². The second-order valence-electron chi connectivity index (χ2n) is 6.10. The van der Waals surface area contributed by atoms with Crippen molar-refractivity contribution in [2.75, 3.05) is 19.8 Å². The van der Waals surface area contributed by atoms with Crippen LogP contribution in [0.5, 0.6) is 5.75 Å². The molecule has 6 nitrogen and oxygen atoms in total. The van der Waals surface area contributed by atoms with Crippen LogP contribution in [0.25, 0.3) is 0 Å². The van der Waals surface area contributed by atoms with E-state index in [-0.39, 0.29) is 12.5 Å². The van der Waals surface area contributed by atoms with Gasteiger partial charge in [0.15, 0.2) is 0 Å². The lowest BCUT2D eigenvalue weighted by molar-refractivity contribution is -0.157. The number of amides is 1. The molecule has 116 valence electrons. The fourth-order valence-corrected chi connectivity index (χ4v) is 3.00. The van der Waals surface area contributed by atoms with Crippen molar-refractivity contribution >= 4 is 5.91 Å². The molecule has 1 saturated heterocycles.